The number of nitro benzene ring substituents is 1. The fourth-order valence-corrected chi connectivity index (χ4v) is 3.58. The zero-order valence-electron chi connectivity index (χ0n) is 18.0. The second-order valence-corrected chi connectivity index (χ2v) is 7.94. The van der Waals surface area contributed by atoms with Crippen LogP contribution in [0.1, 0.15) is 16.1 Å². The molecule has 0 radical (unpaired) electrons. The summed E-state index contributed by atoms with van der Waals surface area (Å²) in [6, 6.07) is 13.6. The van der Waals surface area contributed by atoms with E-state index in [0.717, 1.165) is 0 Å². The topological polar surface area (TPSA) is 154 Å². The van der Waals surface area contributed by atoms with Crippen LogP contribution in [0.25, 0.3) is 22.7 Å². The Morgan fingerprint density at radius 2 is 1.83 bits per heavy atom. The van der Waals surface area contributed by atoms with Crippen LogP contribution in [0, 0.1) is 17.0 Å². The van der Waals surface area contributed by atoms with Crippen molar-refractivity contribution in [2.24, 2.45) is 0 Å². The normalized spacial score (nSPS) is 11.0. The Morgan fingerprint density at radius 3 is 2.51 bits per heavy atom. The zero-order valence-corrected chi connectivity index (χ0v) is 18.7. The molecular weight excluding hydrogens is 476 g/mol. The number of aromatic amines is 1. The van der Waals surface area contributed by atoms with Crippen molar-refractivity contribution >= 4 is 40.0 Å². The summed E-state index contributed by atoms with van der Waals surface area (Å²) in [5.74, 6) is -0.216. The molecule has 5 rings (SSSR count). The summed E-state index contributed by atoms with van der Waals surface area (Å²) in [4.78, 5) is 43.0. The van der Waals surface area contributed by atoms with E-state index in [2.05, 4.69) is 25.5 Å². The SMILES string of the molecule is Cc1cc(NC(=O)c2ccc([N+](=O)[O-])cc2)n(-c2nc3c(cnn3-c3ccc(Cl)cc3)c(=O)[nH]2)n1. The average Bonchev–Trinajstić information content (AvgIpc) is 3.43. The lowest BCUT2D eigenvalue weighted by Crippen LogP contribution is -2.19. The number of halogens is 1. The monoisotopic (exact) mass is 490 g/mol. The van der Waals surface area contributed by atoms with E-state index in [1.165, 1.54) is 39.8 Å². The summed E-state index contributed by atoms with van der Waals surface area (Å²) in [6.07, 6.45) is 1.41. The predicted molar refractivity (Wildman–Crippen MR) is 127 cm³/mol. The number of carbonyl (C=O) groups is 1. The average molecular weight is 491 g/mol. The number of amides is 1. The van der Waals surface area contributed by atoms with Gasteiger partial charge in [-0.1, -0.05) is 11.6 Å². The third-order valence-electron chi connectivity index (χ3n) is 5.11. The van der Waals surface area contributed by atoms with E-state index in [-0.39, 0.29) is 34.1 Å². The van der Waals surface area contributed by atoms with Crippen molar-refractivity contribution in [2.75, 3.05) is 5.32 Å². The fourth-order valence-electron chi connectivity index (χ4n) is 3.45. The minimum Gasteiger partial charge on any atom is -0.306 e. The largest absolute Gasteiger partial charge is 0.306 e. The minimum absolute atomic E-state index is 0.0605. The van der Waals surface area contributed by atoms with Crippen molar-refractivity contribution in [3.8, 4) is 11.6 Å². The van der Waals surface area contributed by atoms with Crippen LogP contribution in [-0.4, -0.2) is 40.4 Å². The van der Waals surface area contributed by atoms with E-state index in [4.69, 9.17) is 11.6 Å². The molecule has 0 saturated carbocycles. The van der Waals surface area contributed by atoms with Gasteiger partial charge in [0.25, 0.3) is 17.2 Å². The molecule has 0 aliphatic carbocycles. The second-order valence-electron chi connectivity index (χ2n) is 7.50. The molecule has 12 nitrogen and oxygen atoms in total. The van der Waals surface area contributed by atoms with E-state index in [1.54, 1.807) is 37.3 Å². The molecule has 3 aromatic heterocycles. The van der Waals surface area contributed by atoms with Crippen molar-refractivity contribution in [1.29, 1.82) is 0 Å². The van der Waals surface area contributed by atoms with Gasteiger partial charge in [0.2, 0.25) is 5.95 Å². The van der Waals surface area contributed by atoms with E-state index in [9.17, 15) is 19.7 Å². The number of hydrogen-bond acceptors (Lipinski definition) is 7. The van der Waals surface area contributed by atoms with Crippen LogP contribution in [0.5, 0.6) is 0 Å². The number of nitrogens with one attached hydrogen (secondary N) is 2. The van der Waals surface area contributed by atoms with Crippen molar-refractivity contribution in [3.05, 3.63) is 97.5 Å². The highest BCUT2D eigenvalue weighted by Gasteiger charge is 2.18. The molecule has 174 valence electrons. The van der Waals surface area contributed by atoms with E-state index >= 15 is 0 Å². The van der Waals surface area contributed by atoms with Gasteiger partial charge in [-0.15, -0.1) is 0 Å². The van der Waals surface area contributed by atoms with Gasteiger partial charge in [-0.25, -0.2) is 4.68 Å². The van der Waals surface area contributed by atoms with Crippen molar-refractivity contribution < 1.29 is 9.72 Å². The number of anilines is 1. The Hall–Kier alpha value is -4.84. The van der Waals surface area contributed by atoms with Crippen LogP contribution in [0.3, 0.4) is 0 Å². The van der Waals surface area contributed by atoms with E-state index in [0.29, 0.717) is 16.4 Å². The Balaban J connectivity index is 1.54. The van der Waals surface area contributed by atoms with Crippen molar-refractivity contribution in [1.82, 2.24) is 29.5 Å². The summed E-state index contributed by atoms with van der Waals surface area (Å²) in [6.45, 7) is 1.71. The maximum atomic E-state index is 12.8. The van der Waals surface area contributed by atoms with Gasteiger partial charge in [0, 0.05) is 28.8 Å². The predicted octanol–water partition coefficient (Wildman–Crippen LogP) is 3.42. The van der Waals surface area contributed by atoms with E-state index in [1.807, 2.05) is 0 Å². The number of aryl methyl sites for hydroxylation is 1. The van der Waals surface area contributed by atoms with Crippen LogP contribution in [-0.2, 0) is 0 Å². The Kier molecular flexibility index (Phi) is 5.34. The van der Waals surface area contributed by atoms with Gasteiger partial charge < -0.3 is 5.32 Å². The van der Waals surface area contributed by atoms with Crippen LogP contribution in [0.4, 0.5) is 11.5 Å². The minimum atomic E-state index is -0.549. The second kappa shape index (κ2) is 8.50. The van der Waals surface area contributed by atoms with Gasteiger partial charge in [0.05, 0.1) is 22.5 Å². The number of aromatic nitrogens is 6. The molecule has 35 heavy (non-hydrogen) atoms. The lowest BCUT2D eigenvalue weighted by Gasteiger charge is -2.09. The molecule has 13 heteroatoms. The number of H-pyrrole nitrogens is 1. The summed E-state index contributed by atoms with van der Waals surface area (Å²) >= 11 is 5.97. The van der Waals surface area contributed by atoms with Gasteiger partial charge in [0.15, 0.2) is 5.65 Å². The van der Waals surface area contributed by atoms with Crippen LogP contribution < -0.4 is 10.9 Å². The molecule has 2 aromatic carbocycles. The number of fused-ring (bicyclic) bond motifs is 1. The summed E-state index contributed by atoms with van der Waals surface area (Å²) < 4.78 is 2.79. The van der Waals surface area contributed by atoms with Gasteiger partial charge in [0.1, 0.15) is 11.2 Å². The molecule has 0 aliphatic rings. The number of nitro groups is 1. The molecule has 5 aromatic rings. The fraction of sp³-hybridized carbons (Fsp3) is 0.0455. The van der Waals surface area contributed by atoms with Crippen LogP contribution in [0.15, 0.2) is 65.6 Å². The first-order chi connectivity index (χ1) is 16.8. The summed E-state index contributed by atoms with van der Waals surface area (Å²) in [7, 11) is 0. The van der Waals surface area contributed by atoms with Crippen LogP contribution in [0.2, 0.25) is 5.02 Å². The molecule has 2 N–H and O–H groups in total. The third kappa shape index (κ3) is 4.13. The molecular formula is C22H15ClN8O4. The van der Waals surface area contributed by atoms with Crippen molar-refractivity contribution in [2.45, 2.75) is 6.92 Å². The van der Waals surface area contributed by atoms with Crippen molar-refractivity contribution in [3.63, 3.8) is 0 Å². The number of carbonyl (C=O) groups excluding carboxylic acids is 1. The van der Waals surface area contributed by atoms with Gasteiger partial charge in [-0.05, 0) is 43.3 Å². The molecule has 0 unspecified atom stereocenters. The molecule has 1 amide bonds. The van der Waals surface area contributed by atoms with Crippen LogP contribution >= 0.6 is 11.6 Å². The Bertz CT molecular complexity index is 1650. The van der Waals surface area contributed by atoms with Gasteiger partial charge in [-0.2, -0.15) is 19.9 Å². The third-order valence-corrected chi connectivity index (χ3v) is 5.36. The zero-order chi connectivity index (χ0) is 24.7. The smallest absolute Gasteiger partial charge is 0.269 e. The number of nitrogens with zero attached hydrogens (tertiary/aromatic N) is 6. The number of benzene rings is 2. The molecule has 0 bridgehead atoms. The Morgan fingerprint density at radius 1 is 1.11 bits per heavy atom. The summed E-state index contributed by atoms with van der Waals surface area (Å²) in [5, 5.41) is 23.0. The lowest BCUT2D eigenvalue weighted by atomic mass is 10.2. The number of hydrogen-bond donors (Lipinski definition) is 2. The molecule has 3 heterocycles. The standard InChI is InChI=1S/C22H15ClN8O4/c1-12-10-18(25-20(32)13-2-6-16(7-3-13)31(34)35)30(28-12)22-26-19-17(21(33)27-22)11-24-29(19)15-8-4-14(23)5-9-15/h2-11H,1H3,(H,25,32)(H,26,27,33). The highest BCUT2D eigenvalue weighted by atomic mass is 35.5. The first kappa shape index (κ1) is 22.0. The lowest BCUT2D eigenvalue weighted by molar-refractivity contribution is -0.384. The maximum Gasteiger partial charge on any atom is 0.269 e. The quantitative estimate of drug-likeness (QED) is 0.282. The summed E-state index contributed by atoms with van der Waals surface area (Å²) in [5.41, 5.74) is 1.13. The highest BCUT2D eigenvalue weighted by molar-refractivity contribution is 6.30. The van der Waals surface area contributed by atoms with E-state index < -0.39 is 16.4 Å². The number of non-ortho nitro benzene ring substituents is 1. The maximum absolute atomic E-state index is 12.8. The van der Waals surface area contributed by atoms with Gasteiger partial charge in [-0.3, -0.25) is 24.7 Å². The molecule has 0 saturated heterocycles. The Labute approximate surface area is 200 Å². The highest BCUT2D eigenvalue weighted by Crippen LogP contribution is 2.20. The number of rotatable bonds is 5. The first-order valence-corrected chi connectivity index (χ1v) is 10.5. The molecule has 0 atom stereocenters. The molecule has 0 fully saturated rings. The molecule has 0 spiro atoms. The first-order valence-electron chi connectivity index (χ1n) is 10.2. The van der Waals surface area contributed by atoms with Gasteiger partial charge >= 0.3 is 0 Å². The molecule has 0 aliphatic heterocycles.